The fourth-order valence-electron chi connectivity index (χ4n) is 0.809. The summed E-state index contributed by atoms with van der Waals surface area (Å²) in [5.41, 5.74) is 0.948. The Morgan fingerprint density at radius 2 is 2.00 bits per heavy atom. The van der Waals surface area contributed by atoms with E-state index in [9.17, 15) is 4.79 Å². The summed E-state index contributed by atoms with van der Waals surface area (Å²) in [6.07, 6.45) is 0.525. The minimum atomic E-state index is 0.119. The van der Waals surface area contributed by atoms with Crippen LogP contribution in [0.4, 0.5) is 0 Å². The Morgan fingerprint density at radius 3 is 2.54 bits per heavy atom. The summed E-state index contributed by atoms with van der Waals surface area (Å²) in [6.45, 7) is 1.84. The van der Waals surface area contributed by atoms with Gasteiger partial charge in [0.1, 0.15) is 0 Å². The molecule has 0 atom stereocenters. The number of hydrogen-bond donors (Lipinski definition) is 0. The van der Waals surface area contributed by atoms with Crippen molar-refractivity contribution in [1.29, 1.82) is 0 Å². The summed E-state index contributed by atoms with van der Waals surface area (Å²) in [5, 5.41) is 0.119. The SMILES string of the molecule is CCC(=O)SC(=S)c1ccccc1. The maximum atomic E-state index is 11.1. The van der Waals surface area contributed by atoms with Gasteiger partial charge >= 0.3 is 0 Å². The van der Waals surface area contributed by atoms with Crippen molar-refractivity contribution in [1.82, 2.24) is 0 Å². The summed E-state index contributed by atoms with van der Waals surface area (Å²) in [7, 11) is 0. The van der Waals surface area contributed by atoms with Crippen molar-refractivity contribution in [2.24, 2.45) is 0 Å². The summed E-state index contributed by atoms with van der Waals surface area (Å²) in [5.74, 6) is 0. The number of carbonyl (C=O) groups is 1. The molecule has 1 rings (SSSR count). The average Bonchev–Trinajstić information content (AvgIpc) is 2.19. The topological polar surface area (TPSA) is 17.1 Å². The van der Waals surface area contributed by atoms with Gasteiger partial charge in [0.15, 0.2) is 5.12 Å². The second kappa shape index (κ2) is 5.14. The Kier molecular flexibility index (Phi) is 4.12. The van der Waals surface area contributed by atoms with E-state index in [-0.39, 0.29) is 5.12 Å². The normalized spacial score (nSPS) is 9.62. The third-order valence-electron chi connectivity index (χ3n) is 1.50. The van der Waals surface area contributed by atoms with Crippen molar-refractivity contribution < 1.29 is 4.79 Å². The zero-order valence-electron chi connectivity index (χ0n) is 7.32. The molecule has 68 valence electrons. The molecule has 0 aliphatic heterocycles. The molecule has 1 nitrogen and oxygen atoms in total. The molecule has 1 aromatic carbocycles. The summed E-state index contributed by atoms with van der Waals surface area (Å²) in [6, 6.07) is 9.59. The first-order valence-corrected chi connectivity index (χ1v) is 5.26. The number of thiocarbonyl (C=S) groups is 1. The van der Waals surface area contributed by atoms with Crippen LogP contribution < -0.4 is 0 Å². The van der Waals surface area contributed by atoms with Crippen LogP contribution in [0, 0.1) is 0 Å². The highest BCUT2D eigenvalue weighted by Crippen LogP contribution is 2.15. The van der Waals surface area contributed by atoms with Gasteiger partial charge < -0.3 is 0 Å². The highest BCUT2D eigenvalue weighted by Gasteiger charge is 2.05. The Balaban J connectivity index is 2.65. The lowest BCUT2D eigenvalue weighted by molar-refractivity contribution is -0.110. The van der Waals surface area contributed by atoms with Gasteiger partial charge in [0, 0.05) is 6.42 Å². The van der Waals surface area contributed by atoms with Gasteiger partial charge in [-0.2, -0.15) is 0 Å². The Labute approximate surface area is 87.5 Å². The van der Waals surface area contributed by atoms with Gasteiger partial charge in [-0.25, -0.2) is 0 Å². The Hall–Kier alpha value is -0.670. The molecule has 0 unspecified atom stereocenters. The molecular formula is C10H10OS2. The van der Waals surface area contributed by atoms with Crippen LogP contribution >= 0.6 is 24.0 Å². The molecule has 0 N–H and O–H groups in total. The minimum Gasteiger partial charge on any atom is -0.287 e. The van der Waals surface area contributed by atoms with Gasteiger partial charge in [-0.1, -0.05) is 49.5 Å². The quantitative estimate of drug-likeness (QED) is 0.698. The summed E-state index contributed by atoms with van der Waals surface area (Å²) in [4.78, 5) is 11.1. The average molecular weight is 210 g/mol. The van der Waals surface area contributed by atoms with Crippen LogP contribution in [0.15, 0.2) is 30.3 Å². The molecule has 3 heteroatoms. The fraction of sp³-hybridized carbons (Fsp3) is 0.200. The van der Waals surface area contributed by atoms with E-state index in [1.165, 1.54) is 0 Å². The predicted molar refractivity (Wildman–Crippen MR) is 61.0 cm³/mol. The van der Waals surface area contributed by atoms with Crippen LogP contribution in [0.1, 0.15) is 18.9 Å². The van der Waals surface area contributed by atoms with E-state index < -0.39 is 0 Å². The van der Waals surface area contributed by atoms with Gasteiger partial charge in [0.05, 0.1) is 4.20 Å². The van der Waals surface area contributed by atoms with Crippen molar-refractivity contribution in [3.63, 3.8) is 0 Å². The van der Waals surface area contributed by atoms with Crippen molar-refractivity contribution in [3.8, 4) is 0 Å². The molecule has 0 spiro atoms. The molecule has 0 saturated carbocycles. The molecular weight excluding hydrogens is 200 g/mol. The van der Waals surface area contributed by atoms with Crippen molar-refractivity contribution in [2.75, 3.05) is 0 Å². The van der Waals surface area contributed by atoms with Crippen molar-refractivity contribution in [2.45, 2.75) is 13.3 Å². The zero-order chi connectivity index (χ0) is 9.68. The molecule has 0 aliphatic rings. The summed E-state index contributed by atoms with van der Waals surface area (Å²) < 4.78 is 0.660. The monoisotopic (exact) mass is 210 g/mol. The maximum Gasteiger partial charge on any atom is 0.194 e. The predicted octanol–water partition coefficient (Wildman–Crippen LogP) is 3.03. The smallest absolute Gasteiger partial charge is 0.194 e. The van der Waals surface area contributed by atoms with Crippen LogP contribution in [0.2, 0.25) is 0 Å². The molecule has 0 heterocycles. The van der Waals surface area contributed by atoms with E-state index in [2.05, 4.69) is 0 Å². The van der Waals surface area contributed by atoms with Crippen molar-refractivity contribution >= 4 is 33.3 Å². The standard InChI is InChI=1S/C10H10OS2/c1-2-9(11)13-10(12)8-6-4-3-5-7-8/h3-7H,2H2,1H3. The third kappa shape index (κ3) is 3.28. The van der Waals surface area contributed by atoms with E-state index in [0.717, 1.165) is 17.3 Å². The molecule has 0 radical (unpaired) electrons. The van der Waals surface area contributed by atoms with E-state index in [4.69, 9.17) is 12.2 Å². The zero-order valence-corrected chi connectivity index (χ0v) is 8.95. The van der Waals surface area contributed by atoms with Crippen LogP contribution in [0.25, 0.3) is 0 Å². The molecule has 13 heavy (non-hydrogen) atoms. The molecule has 0 bridgehead atoms. The van der Waals surface area contributed by atoms with Gasteiger partial charge in [-0.05, 0) is 17.3 Å². The lowest BCUT2D eigenvalue weighted by Gasteiger charge is -2.00. The first-order chi connectivity index (χ1) is 6.24. The minimum absolute atomic E-state index is 0.119. The van der Waals surface area contributed by atoms with E-state index in [1.54, 1.807) is 0 Å². The van der Waals surface area contributed by atoms with Crippen LogP contribution in [0.5, 0.6) is 0 Å². The highest BCUT2D eigenvalue weighted by atomic mass is 32.2. The Morgan fingerprint density at radius 1 is 1.38 bits per heavy atom. The molecule has 0 saturated heterocycles. The third-order valence-corrected chi connectivity index (χ3v) is 2.93. The number of benzene rings is 1. The van der Waals surface area contributed by atoms with Gasteiger partial charge in [-0.15, -0.1) is 0 Å². The lowest BCUT2D eigenvalue weighted by atomic mass is 10.2. The van der Waals surface area contributed by atoms with Crippen LogP contribution in [-0.2, 0) is 4.79 Å². The molecule has 0 fully saturated rings. The largest absolute Gasteiger partial charge is 0.287 e. The van der Waals surface area contributed by atoms with Gasteiger partial charge in [0.25, 0.3) is 0 Å². The lowest BCUT2D eigenvalue weighted by Crippen LogP contribution is -1.97. The number of carbonyl (C=O) groups excluding carboxylic acids is 1. The van der Waals surface area contributed by atoms with E-state index in [1.807, 2.05) is 37.3 Å². The molecule has 0 aliphatic carbocycles. The van der Waals surface area contributed by atoms with E-state index in [0.29, 0.717) is 10.6 Å². The van der Waals surface area contributed by atoms with Crippen LogP contribution in [-0.4, -0.2) is 9.31 Å². The summed E-state index contributed by atoms with van der Waals surface area (Å²) >= 11 is 6.25. The highest BCUT2D eigenvalue weighted by molar-refractivity contribution is 8.33. The number of rotatable bonds is 2. The van der Waals surface area contributed by atoms with E-state index >= 15 is 0 Å². The van der Waals surface area contributed by atoms with Crippen LogP contribution in [0.3, 0.4) is 0 Å². The maximum absolute atomic E-state index is 11.1. The van der Waals surface area contributed by atoms with Gasteiger partial charge in [-0.3, -0.25) is 4.79 Å². The number of thioether (sulfide) groups is 1. The molecule has 0 aromatic heterocycles. The molecule has 0 amide bonds. The first-order valence-electron chi connectivity index (χ1n) is 4.04. The fourth-order valence-corrected chi connectivity index (χ4v) is 1.83. The second-order valence-electron chi connectivity index (χ2n) is 2.48. The second-order valence-corrected chi connectivity index (χ2v) is 4.22. The first kappa shape index (κ1) is 10.4. The molecule has 1 aromatic rings. The van der Waals surface area contributed by atoms with Gasteiger partial charge in [0.2, 0.25) is 0 Å². The number of hydrogen-bond acceptors (Lipinski definition) is 3. The Bertz CT molecular complexity index is 306. The van der Waals surface area contributed by atoms with Crippen molar-refractivity contribution in [3.05, 3.63) is 35.9 Å².